The van der Waals surface area contributed by atoms with Gasteiger partial charge < -0.3 is 4.90 Å². The van der Waals surface area contributed by atoms with Gasteiger partial charge >= 0.3 is 0 Å². The van der Waals surface area contributed by atoms with Crippen molar-refractivity contribution < 1.29 is 0 Å². The van der Waals surface area contributed by atoms with Crippen molar-refractivity contribution >= 4 is 17.4 Å². The third-order valence-corrected chi connectivity index (χ3v) is 2.63. The number of pyridine rings is 1. The van der Waals surface area contributed by atoms with Crippen LogP contribution in [0.15, 0.2) is 23.3 Å². The third-order valence-electron chi connectivity index (χ3n) is 2.40. The van der Waals surface area contributed by atoms with Gasteiger partial charge in [0.15, 0.2) is 0 Å². The summed E-state index contributed by atoms with van der Waals surface area (Å²) in [7, 11) is 0. The van der Waals surface area contributed by atoms with Gasteiger partial charge in [-0.2, -0.15) is 10.3 Å². The highest BCUT2D eigenvalue weighted by Crippen LogP contribution is 2.09. The zero-order valence-corrected chi connectivity index (χ0v) is 10.8. The fraction of sp³-hybridized carbons (Fsp3) is 0.417. The minimum atomic E-state index is 0.484. The van der Waals surface area contributed by atoms with E-state index in [1.54, 1.807) is 12.3 Å². The summed E-state index contributed by atoms with van der Waals surface area (Å²) >= 11 is 5.73. The Kier molecular flexibility index (Phi) is 5.44. The quantitative estimate of drug-likeness (QED) is 0.357. The number of hydrogen-bond acceptors (Lipinski definition) is 3. The van der Waals surface area contributed by atoms with Gasteiger partial charge in [-0.1, -0.05) is 24.6 Å². The molecule has 1 aromatic heterocycles. The fourth-order valence-corrected chi connectivity index (χ4v) is 1.65. The second kappa shape index (κ2) is 6.87. The van der Waals surface area contributed by atoms with Crippen LogP contribution in [0.1, 0.15) is 25.8 Å². The molecule has 0 aliphatic rings. The van der Waals surface area contributed by atoms with Gasteiger partial charge in [0, 0.05) is 25.7 Å². The lowest BCUT2D eigenvalue weighted by atomic mass is 10.2. The van der Waals surface area contributed by atoms with E-state index in [9.17, 15) is 0 Å². The van der Waals surface area contributed by atoms with Crippen molar-refractivity contribution in [1.29, 1.82) is 5.26 Å². The Labute approximate surface area is 107 Å². The summed E-state index contributed by atoms with van der Waals surface area (Å²) in [5, 5.41) is 9.11. The van der Waals surface area contributed by atoms with Gasteiger partial charge in [-0.05, 0) is 18.6 Å². The molecule has 0 aliphatic heterocycles. The zero-order chi connectivity index (χ0) is 12.7. The molecule has 0 bridgehead atoms. The first-order valence-corrected chi connectivity index (χ1v) is 5.90. The lowest BCUT2D eigenvalue weighted by molar-refractivity contribution is 0.427. The predicted molar refractivity (Wildman–Crippen MR) is 68.7 cm³/mol. The first-order chi connectivity index (χ1) is 8.21. The Morgan fingerprint density at radius 1 is 1.53 bits per heavy atom. The molecule has 0 saturated heterocycles. The van der Waals surface area contributed by atoms with E-state index in [2.05, 4.69) is 9.98 Å². The molecule has 90 valence electrons. The monoisotopic (exact) mass is 250 g/mol. The van der Waals surface area contributed by atoms with Gasteiger partial charge in [0.1, 0.15) is 11.0 Å². The SMILES string of the molecule is CCC(=NC#N)N(CC)Cc1ccc(Cl)nc1. The molecule has 0 atom stereocenters. The van der Waals surface area contributed by atoms with Crippen molar-refractivity contribution in [1.82, 2.24) is 9.88 Å². The van der Waals surface area contributed by atoms with Crippen LogP contribution in [0.3, 0.4) is 0 Å². The molecule has 0 saturated carbocycles. The van der Waals surface area contributed by atoms with E-state index in [1.165, 1.54) is 0 Å². The minimum Gasteiger partial charge on any atom is -0.355 e. The van der Waals surface area contributed by atoms with E-state index in [0.717, 1.165) is 24.4 Å². The summed E-state index contributed by atoms with van der Waals surface area (Å²) in [5.41, 5.74) is 1.05. The zero-order valence-electron chi connectivity index (χ0n) is 10.0. The molecule has 1 heterocycles. The van der Waals surface area contributed by atoms with Gasteiger partial charge in [0.2, 0.25) is 6.19 Å². The van der Waals surface area contributed by atoms with Crippen molar-refractivity contribution in [2.45, 2.75) is 26.8 Å². The van der Waals surface area contributed by atoms with Gasteiger partial charge in [0.05, 0.1) is 0 Å². The summed E-state index contributed by atoms with van der Waals surface area (Å²) < 4.78 is 0. The number of aromatic nitrogens is 1. The Balaban J connectivity index is 2.80. The lowest BCUT2D eigenvalue weighted by Gasteiger charge is -2.23. The van der Waals surface area contributed by atoms with Crippen LogP contribution in [0.2, 0.25) is 5.15 Å². The van der Waals surface area contributed by atoms with Crippen molar-refractivity contribution in [2.75, 3.05) is 6.54 Å². The molecule has 0 aliphatic carbocycles. The molecule has 0 fully saturated rings. The van der Waals surface area contributed by atoms with E-state index >= 15 is 0 Å². The maximum absolute atomic E-state index is 8.62. The van der Waals surface area contributed by atoms with Crippen LogP contribution in [0.4, 0.5) is 0 Å². The molecule has 0 N–H and O–H groups in total. The highest BCUT2D eigenvalue weighted by Gasteiger charge is 2.08. The second-order valence-electron chi connectivity index (χ2n) is 3.48. The average molecular weight is 251 g/mol. The van der Waals surface area contributed by atoms with E-state index in [1.807, 2.05) is 31.0 Å². The molecule has 0 radical (unpaired) electrons. The molecule has 0 amide bonds. The first kappa shape index (κ1) is 13.5. The standard InChI is InChI=1S/C12H15ClN4/c1-3-12(16-9-14)17(4-2)8-10-5-6-11(13)15-7-10/h5-7H,3-4,8H2,1-2H3. The van der Waals surface area contributed by atoms with Crippen LogP contribution in [0.5, 0.6) is 0 Å². The average Bonchev–Trinajstić information content (AvgIpc) is 2.36. The molecule has 5 heteroatoms. The lowest BCUT2D eigenvalue weighted by Crippen LogP contribution is -2.29. The van der Waals surface area contributed by atoms with Gasteiger partial charge in [-0.25, -0.2) is 4.98 Å². The molecule has 1 aromatic rings. The van der Waals surface area contributed by atoms with Crippen molar-refractivity contribution in [2.24, 2.45) is 4.99 Å². The van der Waals surface area contributed by atoms with E-state index in [0.29, 0.717) is 11.7 Å². The number of nitrogens with zero attached hydrogens (tertiary/aromatic N) is 4. The number of hydrogen-bond donors (Lipinski definition) is 0. The van der Waals surface area contributed by atoms with Crippen molar-refractivity contribution in [3.63, 3.8) is 0 Å². The molecule has 4 nitrogen and oxygen atoms in total. The van der Waals surface area contributed by atoms with Crippen LogP contribution in [0, 0.1) is 11.5 Å². The number of amidine groups is 1. The summed E-state index contributed by atoms with van der Waals surface area (Å²) in [4.78, 5) is 9.91. The molecule has 17 heavy (non-hydrogen) atoms. The largest absolute Gasteiger partial charge is 0.355 e. The Bertz CT molecular complexity index is 419. The van der Waals surface area contributed by atoms with Gasteiger partial charge in [-0.15, -0.1) is 0 Å². The number of halogens is 1. The summed E-state index contributed by atoms with van der Waals surface area (Å²) in [6.07, 6.45) is 4.32. The van der Waals surface area contributed by atoms with E-state index in [4.69, 9.17) is 16.9 Å². The maximum atomic E-state index is 8.62. The molecular formula is C12H15ClN4. The summed E-state index contributed by atoms with van der Waals surface area (Å²) in [5.74, 6) is 0.796. The van der Waals surface area contributed by atoms with E-state index < -0.39 is 0 Å². The predicted octanol–water partition coefficient (Wildman–Crippen LogP) is 2.85. The van der Waals surface area contributed by atoms with Crippen LogP contribution in [0.25, 0.3) is 0 Å². The Morgan fingerprint density at radius 3 is 2.76 bits per heavy atom. The van der Waals surface area contributed by atoms with Crippen LogP contribution < -0.4 is 0 Å². The summed E-state index contributed by atoms with van der Waals surface area (Å²) in [6, 6.07) is 3.69. The normalized spacial score (nSPS) is 11.1. The van der Waals surface area contributed by atoms with E-state index in [-0.39, 0.29) is 0 Å². The number of aliphatic imine (C=N–C) groups is 1. The van der Waals surface area contributed by atoms with Gasteiger partial charge in [-0.3, -0.25) is 0 Å². The third kappa shape index (κ3) is 4.04. The number of rotatable bonds is 4. The highest BCUT2D eigenvalue weighted by molar-refractivity contribution is 6.29. The summed E-state index contributed by atoms with van der Waals surface area (Å²) in [6.45, 7) is 5.51. The highest BCUT2D eigenvalue weighted by atomic mass is 35.5. The molecular weight excluding hydrogens is 236 g/mol. The van der Waals surface area contributed by atoms with Crippen molar-refractivity contribution in [3.8, 4) is 6.19 Å². The topological polar surface area (TPSA) is 52.3 Å². The Morgan fingerprint density at radius 2 is 2.29 bits per heavy atom. The number of nitriles is 1. The fourth-order valence-electron chi connectivity index (χ4n) is 1.54. The minimum absolute atomic E-state index is 0.484. The van der Waals surface area contributed by atoms with Crippen LogP contribution >= 0.6 is 11.6 Å². The smallest absolute Gasteiger partial charge is 0.207 e. The van der Waals surface area contributed by atoms with Gasteiger partial charge in [0.25, 0.3) is 0 Å². The molecule has 0 unspecified atom stereocenters. The van der Waals surface area contributed by atoms with Crippen molar-refractivity contribution in [3.05, 3.63) is 29.0 Å². The van der Waals surface area contributed by atoms with Crippen LogP contribution in [-0.4, -0.2) is 22.3 Å². The second-order valence-corrected chi connectivity index (χ2v) is 3.87. The first-order valence-electron chi connectivity index (χ1n) is 5.52. The molecule has 0 spiro atoms. The maximum Gasteiger partial charge on any atom is 0.207 e. The molecule has 0 aromatic carbocycles. The Hall–Kier alpha value is -1.60. The van der Waals surface area contributed by atoms with Crippen LogP contribution in [-0.2, 0) is 6.54 Å². The molecule has 1 rings (SSSR count).